The molecule has 6 nitrogen and oxygen atoms in total. The molecule has 32 heavy (non-hydrogen) atoms. The number of rotatable bonds is 6. The van der Waals surface area contributed by atoms with E-state index in [4.69, 9.17) is 30.5 Å². The summed E-state index contributed by atoms with van der Waals surface area (Å²) in [5, 5.41) is 0.622. The van der Waals surface area contributed by atoms with Gasteiger partial charge in [0.15, 0.2) is 11.5 Å². The first-order valence-corrected chi connectivity index (χ1v) is 11.2. The van der Waals surface area contributed by atoms with Crippen molar-refractivity contribution in [2.75, 3.05) is 6.61 Å². The fourth-order valence-electron chi connectivity index (χ4n) is 3.90. The van der Waals surface area contributed by atoms with Crippen molar-refractivity contribution in [3.05, 3.63) is 64.2 Å². The highest BCUT2D eigenvalue weighted by molar-refractivity contribution is 6.31. The van der Waals surface area contributed by atoms with Crippen LogP contribution in [-0.4, -0.2) is 24.3 Å². The van der Waals surface area contributed by atoms with Crippen LogP contribution in [0.15, 0.2) is 48.0 Å². The fraction of sp³-hybridized carbons (Fsp3) is 0.360. The minimum atomic E-state index is -1.10. The van der Waals surface area contributed by atoms with Crippen LogP contribution in [0.5, 0.6) is 11.5 Å². The summed E-state index contributed by atoms with van der Waals surface area (Å²) in [6.45, 7) is 2.57. The largest absolute Gasteiger partial charge is 0.490 e. The van der Waals surface area contributed by atoms with Crippen molar-refractivity contribution in [2.24, 2.45) is 0 Å². The van der Waals surface area contributed by atoms with Gasteiger partial charge in [-0.15, -0.1) is 0 Å². The maximum atomic E-state index is 12.6. The standard InChI is InChI=1S/C25H25ClO6/c1-2-29-22-15-17(10-11-21(22)30-16-18-8-4-5-9-20(18)26)14-19-23(27)31-25(32-24(19)28)12-6-3-7-13-25/h4-5,8-11,14-15H,2-3,6-7,12-13,16H2,1H3. The monoisotopic (exact) mass is 456 g/mol. The van der Waals surface area contributed by atoms with E-state index in [0.717, 1.165) is 24.8 Å². The fourth-order valence-corrected chi connectivity index (χ4v) is 4.09. The molecule has 7 heteroatoms. The molecular formula is C25H25ClO6. The normalized spacial score (nSPS) is 17.5. The molecule has 0 unspecified atom stereocenters. The van der Waals surface area contributed by atoms with E-state index >= 15 is 0 Å². The molecule has 1 heterocycles. The van der Waals surface area contributed by atoms with E-state index in [2.05, 4.69) is 0 Å². The molecular weight excluding hydrogens is 432 g/mol. The van der Waals surface area contributed by atoms with Gasteiger partial charge in [-0.2, -0.15) is 0 Å². The van der Waals surface area contributed by atoms with Crippen LogP contribution < -0.4 is 9.47 Å². The lowest BCUT2D eigenvalue weighted by Gasteiger charge is -2.38. The molecule has 2 aromatic carbocycles. The number of carbonyl (C=O) groups excluding carboxylic acids is 2. The van der Waals surface area contributed by atoms with Gasteiger partial charge in [0, 0.05) is 23.4 Å². The number of carbonyl (C=O) groups is 2. The van der Waals surface area contributed by atoms with Crippen LogP contribution in [-0.2, 0) is 25.7 Å². The van der Waals surface area contributed by atoms with Gasteiger partial charge in [-0.25, -0.2) is 9.59 Å². The molecule has 0 atom stereocenters. The van der Waals surface area contributed by atoms with Crippen LogP contribution in [0.3, 0.4) is 0 Å². The highest BCUT2D eigenvalue weighted by atomic mass is 35.5. The predicted octanol–water partition coefficient (Wildman–Crippen LogP) is 5.46. The maximum Gasteiger partial charge on any atom is 0.348 e. The molecule has 2 fully saturated rings. The summed E-state index contributed by atoms with van der Waals surface area (Å²) in [5.74, 6) is -1.38. The Morgan fingerprint density at radius 1 is 0.969 bits per heavy atom. The van der Waals surface area contributed by atoms with E-state index in [1.807, 2.05) is 25.1 Å². The van der Waals surface area contributed by atoms with Gasteiger partial charge in [-0.1, -0.05) is 42.3 Å². The molecule has 1 saturated carbocycles. The summed E-state index contributed by atoms with van der Waals surface area (Å²) in [6.07, 6.45) is 5.33. The van der Waals surface area contributed by atoms with Crippen LogP contribution in [0.1, 0.15) is 50.2 Å². The molecule has 1 aliphatic heterocycles. The second-order valence-electron chi connectivity index (χ2n) is 7.83. The summed E-state index contributed by atoms with van der Waals surface area (Å²) in [5.41, 5.74) is 1.32. The van der Waals surface area contributed by atoms with E-state index < -0.39 is 17.7 Å². The number of benzene rings is 2. The minimum Gasteiger partial charge on any atom is -0.490 e. The van der Waals surface area contributed by atoms with Gasteiger partial charge in [0.05, 0.1) is 6.61 Å². The molecule has 2 aliphatic rings. The predicted molar refractivity (Wildman–Crippen MR) is 119 cm³/mol. The van der Waals surface area contributed by atoms with Gasteiger partial charge in [-0.05, 0) is 49.6 Å². The summed E-state index contributed by atoms with van der Waals surface area (Å²) >= 11 is 6.20. The second kappa shape index (κ2) is 9.65. The molecule has 168 valence electrons. The number of halogens is 1. The van der Waals surface area contributed by atoms with Crippen molar-refractivity contribution < 1.29 is 28.5 Å². The van der Waals surface area contributed by atoms with E-state index in [1.54, 1.807) is 24.3 Å². The Balaban J connectivity index is 1.53. The van der Waals surface area contributed by atoms with E-state index in [9.17, 15) is 9.59 Å². The summed E-state index contributed by atoms with van der Waals surface area (Å²) < 4.78 is 22.7. The van der Waals surface area contributed by atoms with Gasteiger partial charge < -0.3 is 18.9 Å². The molecule has 0 aromatic heterocycles. The maximum absolute atomic E-state index is 12.6. The van der Waals surface area contributed by atoms with Gasteiger partial charge in [0.2, 0.25) is 0 Å². The zero-order valence-electron chi connectivity index (χ0n) is 17.9. The third-order valence-corrected chi connectivity index (χ3v) is 5.90. The molecule has 0 N–H and O–H groups in total. The number of hydrogen-bond donors (Lipinski definition) is 0. The number of esters is 2. The molecule has 1 aliphatic carbocycles. The Morgan fingerprint density at radius 3 is 2.38 bits per heavy atom. The Bertz CT molecular complexity index is 1020. The van der Waals surface area contributed by atoms with Crippen molar-refractivity contribution in [1.82, 2.24) is 0 Å². The van der Waals surface area contributed by atoms with Gasteiger partial charge in [0.1, 0.15) is 12.2 Å². The van der Waals surface area contributed by atoms with Crippen molar-refractivity contribution in [2.45, 2.75) is 51.4 Å². The zero-order valence-corrected chi connectivity index (χ0v) is 18.7. The SMILES string of the molecule is CCOc1cc(C=C2C(=O)OC3(CCCCC3)OC2=O)ccc1OCc1ccccc1Cl. The van der Waals surface area contributed by atoms with E-state index in [1.165, 1.54) is 6.08 Å². The van der Waals surface area contributed by atoms with Gasteiger partial charge >= 0.3 is 11.9 Å². The Hall–Kier alpha value is -2.99. The minimum absolute atomic E-state index is 0.131. The third-order valence-electron chi connectivity index (χ3n) is 5.53. The zero-order chi connectivity index (χ0) is 22.6. The van der Waals surface area contributed by atoms with Crippen molar-refractivity contribution in [3.8, 4) is 11.5 Å². The lowest BCUT2D eigenvalue weighted by atomic mass is 9.93. The van der Waals surface area contributed by atoms with Crippen molar-refractivity contribution >= 4 is 29.6 Å². The first kappa shape index (κ1) is 22.2. The lowest BCUT2D eigenvalue weighted by molar-refractivity contribution is -0.244. The average Bonchev–Trinajstić information content (AvgIpc) is 2.77. The number of ether oxygens (including phenoxy) is 4. The highest BCUT2D eigenvalue weighted by Crippen LogP contribution is 2.38. The molecule has 0 amide bonds. The second-order valence-corrected chi connectivity index (χ2v) is 8.23. The van der Waals surface area contributed by atoms with Crippen LogP contribution in [0.25, 0.3) is 6.08 Å². The molecule has 0 radical (unpaired) electrons. The number of hydrogen-bond acceptors (Lipinski definition) is 6. The third kappa shape index (κ3) is 4.91. The molecule has 4 rings (SSSR count). The van der Waals surface area contributed by atoms with E-state index in [-0.39, 0.29) is 12.2 Å². The van der Waals surface area contributed by atoms with Gasteiger partial charge in [0.25, 0.3) is 5.79 Å². The van der Waals surface area contributed by atoms with E-state index in [0.29, 0.717) is 41.5 Å². The molecule has 0 bridgehead atoms. The first-order chi connectivity index (χ1) is 15.5. The van der Waals surface area contributed by atoms with Crippen molar-refractivity contribution in [1.29, 1.82) is 0 Å². The Kier molecular flexibility index (Phi) is 6.70. The van der Waals surface area contributed by atoms with Crippen LogP contribution in [0, 0.1) is 0 Å². The molecule has 1 saturated heterocycles. The lowest BCUT2D eigenvalue weighted by Crippen LogP contribution is -2.47. The Morgan fingerprint density at radius 2 is 1.69 bits per heavy atom. The van der Waals surface area contributed by atoms with Crippen LogP contribution in [0.4, 0.5) is 0 Å². The summed E-state index contributed by atoms with van der Waals surface area (Å²) in [4.78, 5) is 25.2. The first-order valence-electron chi connectivity index (χ1n) is 10.8. The average molecular weight is 457 g/mol. The van der Waals surface area contributed by atoms with Crippen LogP contribution >= 0.6 is 11.6 Å². The molecule has 1 spiro atoms. The quantitative estimate of drug-likeness (QED) is 0.326. The highest BCUT2D eigenvalue weighted by Gasteiger charge is 2.46. The summed E-state index contributed by atoms with van der Waals surface area (Å²) in [7, 11) is 0. The topological polar surface area (TPSA) is 71.1 Å². The van der Waals surface area contributed by atoms with Crippen LogP contribution in [0.2, 0.25) is 5.02 Å². The van der Waals surface area contributed by atoms with Gasteiger partial charge in [-0.3, -0.25) is 0 Å². The van der Waals surface area contributed by atoms with Crippen molar-refractivity contribution in [3.63, 3.8) is 0 Å². The Labute approximate surface area is 192 Å². The summed E-state index contributed by atoms with van der Waals surface area (Å²) in [6, 6.07) is 12.6. The smallest absolute Gasteiger partial charge is 0.348 e. The molecule has 2 aromatic rings.